The van der Waals surface area contributed by atoms with Crippen molar-refractivity contribution in [1.82, 2.24) is 0 Å². The lowest BCUT2D eigenvalue weighted by Gasteiger charge is -2.08. The highest BCUT2D eigenvalue weighted by molar-refractivity contribution is 9.10. The van der Waals surface area contributed by atoms with Crippen LogP contribution in [0.1, 0.15) is 18.1 Å². The first-order chi connectivity index (χ1) is 6.06. The van der Waals surface area contributed by atoms with Crippen LogP contribution in [0.15, 0.2) is 16.6 Å². The second-order valence-corrected chi connectivity index (χ2v) is 3.83. The van der Waals surface area contributed by atoms with Crippen molar-refractivity contribution in [3.05, 3.63) is 27.7 Å². The van der Waals surface area contributed by atoms with Crippen LogP contribution in [0, 0.1) is 6.92 Å². The van der Waals surface area contributed by atoms with Gasteiger partial charge >= 0.3 is 7.12 Å². The van der Waals surface area contributed by atoms with Gasteiger partial charge in [-0.15, -0.1) is 0 Å². The zero-order valence-corrected chi connectivity index (χ0v) is 9.30. The first-order valence-electron chi connectivity index (χ1n) is 4.21. The van der Waals surface area contributed by atoms with Gasteiger partial charge in [0.1, 0.15) is 0 Å². The van der Waals surface area contributed by atoms with Crippen LogP contribution < -0.4 is 5.46 Å². The third-order valence-corrected chi connectivity index (χ3v) is 3.17. The van der Waals surface area contributed by atoms with Crippen molar-refractivity contribution in [3.8, 4) is 0 Å². The van der Waals surface area contributed by atoms with E-state index in [1.165, 1.54) is 0 Å². The Kier molecular flexibility index (Phi) is 3.53. The van der Waals surface area contributed by atoms with E-state index in [0.717, 1.165) is 22.0 Å². The van der Waals surface area contributed by atoms with Gasteiger partial charge in [-0.25, -0.2) is 0 Å². The van der Waals surface area contributed by atoms with E-state index in [4.69, 9.17) is 10.0 Å². The third kappa shape index (κ3) is 2.33. The number of hydrogen-bond donors (Lipinski definition) is 2. The Labute approximate surface area is 86.9 Å². The average Bonchev–Trinajstić information content (AvgIpc) is 2.09. The maximum atomic E-state index is 9.00. The fourth-order valence-corrected chi connectivity index (χ4v) is 1.79. The molecule has 2 N–H and O–H groups in total. The van der Waals surface area contributed by atoms with Gasteiger partial charge in [-0.2, -0.15) is 0 Å². The summed E-state index contributed by atoms with van der Waals surface area (Å²) in [6.45, 7) is 3.97. The minimum atomic E-state index is -1.38. The second-order valence-electron chi connectivity index (χ2n) is 3.04. The highest BCUT2D eigenvalue weighted by Gasteiger charge is 2.13. The molecule has 0 aliphatic carbocycles. The Hall–Kier alpha value is -0.315. The molecule has 0 aromatic heterocycles. The lowest BCUT2D eigenvalue weighted by atomic mass is 9.78. The van der Waals surface area contributed by atoms with Gasteiger partial charge in [0.05, 0.1) is 0 Å². The van der Waals surface area contributed by atoms with Crippen LogP contribution in [0.3, 0.4) is 0 Å². The van der Waals surface area contributed by atoms with E-state index in [1.54, 1.807) is 6.07 Å². The van der Waals surface area contributed by atoms with E-state index >= 15 is 0 Å². The fraction of sp³-hybridized carbons (Fsp3) is 0.333. The van der Waals surface area contributed by atoms with Crippen molar-refractivity contribution in [3.63, 3.8) is 0 Å². The molecule has 1 aromatic carbocycles. The van der Waals surface area contributed by atoms with Crippen molar-refractivity contribution < 1.29 is 10.0 Å². The highest BCUT2D eigenvalue weighted by atomic mass is 79.9. The van der Waals surface area contributed by atoms with Crippen LogP contribution in [-0.4, -0.2) is 17.2 Å². The largest absolute Gasteiger partial charge is 0.488 e. The van der Waals surface area contributed by atoms with Crippen LogP contribution in [0.5, 0.6) is 0 Å². The maximum absolute atomic E-state index is 9.00. The Balaban J connectivity index is 3.22. The van der Waals surface area contributed by atoms with Gasteiger partial charge in [0.25, 0.3) is 0 Å². The molecule has 0 radical (unpaired) electrons. The fourth-order valence-electron chi connectivity index (χ4n) is 1.28. The zero-order chi connectivity index (χ0) is 10.0. The molecule has 1 rings (SSSR count). The molecule has 0 saturated carbocycles. The Morgan fingerprint density at radius 1 is 1.38 bits per heavy atom. The minimum absolute atomic E-state index is 0.553. The normalized spacial score (nSPS) is 10.2. The van der Waals surface area contributed by atoms with Crippen LogP contribution in [0.4, 0.5) is 0 Å². The molecule has 0 atom stereocenters. The molecule has 2 nitrogen and oxygen atoms in total. The number of benzene rings is 1. The minimum Gasteiger partial charge on any atom is -0.423 e. The molecule has 0 aliphatic rings. The smallest absolute Gasteiger partial charge is 0.423 e. The monoisotopic (exact) mass is 242 g/mol. The van der Waals surface area contributed by atoms with E-state index in [-0.39, 0.29) is 0 Å². The van der Waals surface area contributed by atoms with Gasteiger partial charge in [-0.3, -0.25) is 0 Å². The number of halogens is 1. The summed E-state index contributed by atoms with van der Waals surface area (Å²) in [7, 11) is -1.38. The molecular formula is C9H12BBrO2. The quantitative estimate of drug-likeness (QED) is 0.760. The molecule has 0 bridgehead atoms. The molecule has 70 valence electrons. The van der Waals surface area contributed by atoms with Crippen molar-refractivity contribution in [2.24, 2.45) is 0 Å². The summed E-state index contributed by atoms with van der Waals surface area (Å²) in [6.07, 6.45) is 0.877. The van der Waals surface area contributed by atoms with E-state index in [1.807, 2.05) is 19.9 Å². The number of hydrogen-bond acceptors (Lipinski definition) is 2. The number of rotatable bonds is 2. The van der Waals surface area contributed by atoms with Crippen LogP contribution >= 0.6 is 15.9 Å². The summed E-state index contributed by atoms with van der Waals surface area (Å²) < 4.78 is 1.06. The van der Waals surface area contributed by atoms with Crippen LogP contribution in [-0.2, 0) is 6.42 Å². The molecule has 0 fully saturated rings. The molecule has 0 unspecified atom stereocenters. The summed E-state index contributed by atoms with van der Waals surface area (Å²) in [5.41, 5.74) is 2.68. The SMILES string of the molecule is CCc1cc(B(O)O)cc(C)c1Br. The summed E-state index contributed by atoms with van der Waals surface area (Å²) in [5.74, 6) is 0. The first kappa shape index (κ1) is 10.8. The second kappa shape index (κ2) is 4.27. The molecule has 1 aromatic rings. The van der Waals surface area contributed by atoms with E-state index in [2.05, 4.69) is 15.9 Å². The molecule has 4 heteroatoms. The summed E-state index contributed by atoms with van der Waals surface area (Å²) >= 11 is 3.46. The van der Waals surface area contributed by atoms with Gasteiger partial charge < -0.3 is 10.0 Å². The van der Waals surface area contributed by atoms with Crippen molar-refractivity contribution in [2.45, 2.75) is 20.3 Å². The molecule has 0 amide bonds. The summed E-state index contributed by atoms with van der Waals surface area (Å²) in [4.78, 5) is 0. The molecule has 13 heavy (non-hydrogen) atoms. The van der Waals surface area contributed by atoms with Crippen molar-refractivity contribution >= 4 is 28.5 Å². The predicted molar refractivity (Wildman–Crippen MR) is 58.1 cm³/mol. The molecule has 0 aliphatic heterocycles. The predicted octanol–water partition coefficient (Wildman–Crippen LogP) is 1.000. The zero-order valence-electron chi connectivity index (χ0n) is 7.71. The van der Waals surface area contributed by atoms with Crippen molar-refractivity contribution in [2.75, 3.05) is 0 Å². The molecule has 0 heterocycles. The maximum Gasteiger partial charge on any atom is 0.488 e. The van der Waals surface area contributed by atoms with E-state index < -0.39 is 7.12 Å². The van der Waals surface area contributed by atoms with Crippen molar-refractivity contribution in [1.29, 1.82) is 0 Å². The van der Waals surface area contributed by atoms with E-state index in [0.29, 0.717) is 5.46 Å². The van der Waals surface area contributed by atoms with Gasteiger partial charge in [-0.05, 0) is 29.9 Å². The average molecular weight is 243 g/mol. The molecule has 0 spiro atoms. The van der Waals surface area contributed by atoms with Gasteiger partial charge in [-0.1, -0.05) is 35.0 Å². The summed E-state index contributed by atoms with van der Waals surface area (Å²) in [6, 6.07) is 3.58. The molecule has 0 saturated heterocycles. The topological polar surface area (TPSA) is 40.5 Å². The Morgan fingerprint density at radius 2 is 2.00 bits per heavy atom. The first-order valence-corrected chi connectivity index (χ1v) is 5.00. The van der Waals surface area contributed by atoms with Gasteiger partial charge in [0, 0.05) is 4.47 Å². The van der Waals surface area contributed by atoms with Crippen LogP contribution in [0.2, 0.25) is 0 Å². The van der Waals surface area contributed by atoms with Gasteiger partial charge in [0.2, 0.25) is 0 Å². The highest BCUT2D eigenvalue weighted by Crippen LogP contribution is 2.20. The summed E-state index contributed by atoms with van der Waals surface area (Å²) in [5, 5.41) is 18.0. The lowest BCUT2D eigenvalue weighted by molar-refractivity contribution is 0.425. The standard InChI is InChI=1S/C9H12BBrO2/c1-3-7-5-8(10(12)13)4-6(2)9(7)11/h4-5,12-13H,3H2,1-2H3. The third-order valence-electron chi connectivity index (χ3n) is 2.03. The number of aryl methyl sites for hydroxylation is 2. The molecular weight excluding hydrogens is 231 g/mol. The Morgan fingerprint density at radius 3 is 2.46 bits per heavy atom. The van der Waals surface area contributed by atoms with E-state index in [9.17, 15) is 0 Å². The lowest BCUT2D eigenvalue weighted by Crippen LogP contribution is -2.30. The van der Waals surface area contributed by atoms with Gasteiger partial charge in [0.15, 0.2) is 0 Å². The van der Waals surface area contributed by atoms with Crippen LogP contribution in [0.25, 0.3) is 0 Å². The Bertz CT molecular complexity index is 313.